The van der Waals surface area contributed by atoms with Crippen LogP contribution in [0.5, 0.6) is 0 Å². The molecule has 0 bridgehead atoms. The molecule has 132 valence electrons. The third-order valence-electron chi connectivity index (χ3n) is 5.64. The number of carbonyl (C=O) groups is 3. The SMILES string of the molecule is CN1CC(c2ccc3c4c(ccnc24)N(C2CCC(=O)NC2=O)C3=O)C1. The summed E-state index contributed by atoms with van der Waals surface area (Å²) in [4.78, 5) is 45.2. The highest BCUT2D eigenvalue weighted by Crippen LogP contribution is 2.42. The summed E-state index contributed by atoms with van der Waals surface area (Å²) in [5.74, 6) is -0.471. The average molecular weight is 350 g/mol. The van der Waals surface area contributed by atoms with Gasteiger partial charge in [-0.25, -0.2) is 0 Å². The minimum Gasteiger partial charge on any atom is -0.305 e. The van der Waals surface area contributed by atoms with Gasteiger partial charge in [0.05, 0.1) is 16.8 Å². The number of amides is 3. The van der Waals surface area contributed by atoms with E-state index in [0.717, 1.165) is 35.2 Å². The smallest absolute Gasteiger partial charge is 0.259 e. The standard InChI is InChI=1S/C19H18N4O3/c1-22-8-10(9-22)11-2-3-12-16-13(6-7-20-17(11)16)23(19(12)26)14-4-5-15(24)21-18(14)25/h2-3,6-7,10,14H,4-5,8-9H2,1H3,(H,21,24,25). The molecule has 1 unspecified atom stereocenters. The zero-order valence-electron chi connectivity index (χ0n) is 14.4. The normalized spacial score (nSPS) is 23.5. The van der Waals surface area contributed by atoms with Gasteiger partial charge >= 0.3 is 0 Å². The number of benzene rings is 1. The van der Waals surface area contributed by atoms with Crippen molar-refractivity contribution in [2.75, 3.05) is 25.0 Å². The van der Waals surface area contributed by atoms with Gasteiger partial charge in [-0.3, -0.25) is 29.6 Å². The number of nitrogens with zero attached hydrogens (tertiary/aromatic N) is 3. The number of piperidine rings is 1. The molecular formula is C19H18N4O3. The van der Waals surface area contributed by atoms with Crippen LogP contribution in [0.3, 0.4) is 0 Å². The molecule has 26 heavy (non-hydrogen) atoms. The molecule has 2 fully saturated rings. The third kappa shape index (κ3) is 2.03. The molecule has 0 aliphatic carbocycles. The van der Waals surface area contributed by atoms with Crippen molar-refractivity contribution < 1.29 is 14.4 Å². The Labute approximate surface area is 150 Å². The van der Waals surface area contributed by atoms with Gasteiger partial charge in [0.1, 0.15) is 6.04 Å². The molecule has 0 spiro atoms. The molecule has 5 rings (SSSR count). The van der Waals surface area contributed by atoms with E-state index >= 15 is 0 Å². The van der Waals surface area contributed by atoms with E-state index in [1.807, 2.05) is 12.1 Å². The van der Waals surface area contributed by atoms with Crippen LogP contribution < -0.4 is 10.2 Å². The van der Waals surface area contributed by atoms with Crippen molar-refractivity contribution in [2.45, 2.75) is 24.8 Å². The summed E-state index contributed by atoms with van der Waals surface area (Å²) in [7, 11) is 2.08. The highest BCUT2D eigenvalue weighted by Gasteiger charge is 2.41. The highest BCUT2D eigenvalue weighted by molar-refractivity contribution is 6.27. The molecule has 0 radical (unpaired) electrons. The van der Waals surface area contributed by atoms with Gasteiger partial charge in [0.25, 0.3) is 5.91 Å². The number of hydrogen-bond donors (Lipinski definition) is 1. The van der Waals surface area contributed by atoms with Gasteiger partial charge in [0.2, 0.25) is 11.8 Å². The van der Waals surface area contributed by atoms with E-state index in [0.29, 0.717) is 17.9 Å². The Morgan fingerprint density at radius 1 is 1.15 bits per heavy atom. The second kappa shape index (κ2) is 5.35. The number of pyridine rings is 1. The van der Waals surface area contributed by atoms with E-state index in [4.69, 9.17) is 0 Å². The number of imide groups is 1. The van der Waals surface area contributed by atoms with Gasteiger partial charge in [-0.15, -0.1) is 0 Å². The Balaban J connectivity index is 1.62. The van der Waals surface area contributed by atoms with Crippen LogP contribution in [0.2, 0.25) is 0 Å². The van der Waals surface area contributed by atoms with Crippen LogP contribution in [0.1, 0.15) is 34.7 Å². The minimum atomic E-state index is -0.656. The van der Waals surface area contributed by atoms with Crippen molar-refractivity contribution in [3.05, 3.63) is 35.5 Å². The van der Waals surface area contributed by atoms with Crippen LogP contribution in [0.15, 0.2) is 24.4 Å². The summed E-state index contributed by atoms with van der Waals surface area (Å²) >= 11 is 0. The Bertz CT molecular complexity index is 980. The molecule has 3 aliphatic heterocycles. The van der Waals surface area contributed by atoms with Crippen LogP contribution >= 0.6 is 0 Å². The lowest BCUT2D eigenvalue weighted by Crippen LogP contribution is -2.53. The first-order chi connectivity index (χ1) is 12.5. The molecule has 1 N–H and O–H groups in total. The largest absolute Gasteiger partial charge is 0.305 e. The summed E-state index contributed by atoms with van der Waals surface area (Å²) in [5.41, 5.74) is 3.31. The molecule has 1 aromatic carbocycles. The number of carbonyl (C=O) groups excluding carboxylic acids is 3. The molecule has 2 aromatic rings. The second-order valence-corrected chi connectivity index (χ2v) is 7.32. The van der Waals surface area contributed by atoms with E-state index in [-0.39, 0.29) is 18.2 Å². The van der Waals surface area contributed by atoms with Gasteiger partial charge in [0, 0.05) is 37.0 Å². The molecule has 4 heterocycles. The van der Waals surface area contributed by atoms with E-state index < -0.39 is 11.9 Å². The summed E-state index contributed by atoms with van der Waals surface area (Å²) in [6.07, 6.45) is 2.28. The number of likely N-dealkylation sites (tertiary alicyclic amines) is 1. The Morgan fingerprint density at radius 3 is 2.69 bits per heavy atom. The Hall–Kier alpha value is -2.80. The zero-order chi connectivity index (χ0) is 18.0. The predicted octanol–water partition coefficient (Wildman–Crippen LogP) is 1.03. The number of nitrogens with one attached hydrogen (secondary N) is 1. The fraction of sp³-hybridized carbons (Fsp3) is 0.368. The molecule has 7 nitrogen and oxygen atoms in total. The maximum absolute atomic E-state index is 13.0. The van der Waals surface area contributed by atoms with Crippen molar-refractivity contribution in [3.63, 3.8) is 0 Å². The van der Waals surface area contributed by atoms with Gasteiger partial charge in [0.15, 0.2) is 0 Å². The summed E-state index contributed by atoms with van der Waals surface area (Å²) in [6, 6.07) is 4.99. The second-order valence-electron chi connectivity index (χ2n) is 7.32. The lowest BCUT2D eigenvalue weighted by Gasteiger charge is -2.36. The minimum absolute atomic E-state index is 0.190. The van der Waals surface area contributed by atoms with E-state index in [2.05, 4.69) is 22.2 Å². The van der Waals surface area contributed by atoms with Crippen molar-refractivity contribution >= 4 is 34.3 Å². The molecule has 0 saturated carbocycles. The summed E-state index contributed by atoms with van der Waals surface area (Å²) < 4.78 is 0. The van der Waals surface area contributed by atoms with Crippen LogP contribution in [-0.2, 0) is 9.59 Å². The molecule has 1 atom stereocenters. The van der Waals surface area contributed by atoms with Gasteiger partial charge in [-0.05, 0) is 31.2 Å². The van der Waals surface area contributed by atoms with Crippen molar-refractivity contribution in [1.82, 2.24) is 15.2 Å². The molecule has 2 saturated heterocycles. The average Bonchev–Trinajstić information content (AvgIpc) is 2.87. The molecule has 3 amide bonds. The number of likely N-dealkylation sites (N-methyl/N-ethyl adjacent to an activating group) is 1. The topological polar surface area (TPSA) is 82.6 Å². The Morgan fingerprint density at radius 2 is 1.96 bits per heavy atom. The van der Waals surface area contributed by atoms with Crippen LogP contribution in [0.4, 0.5) is 5.69 Å². The number of aromatic nitrogens is 1. The maximum Gasteiger partial charge on any atom is 0.259 e. The van der Waals surface area contributed by atoms with Gasteiger partial charge < -0.3 is 4.90 Å². The van der Waals surface area contributed by atoms with E-state index in [1.54, 1.807) is 12.3 Å². The number of hydrogen-bond acceptors (Lipinski definition) is 5. The van der Waals surface area contributed by atoms with Crippen LogP contribution in [0.25, 0.3) is 10.9 Å². The quantitative estimate of drug-likeness (QED) is 0.818. The van der Waals surface area contributed by atoms with E-state index in [1.165, 1.54) is 4.90 Å². The predicted molar refractivity (Wildman–Crippen MR) is 95.0 cm³/mol. The van der Waals surface area contributed by atoms with Crippen LogP contribution in [-0.4, -0.2) is 53.8 Å². The van der Waals surface area contributed by atoms with Crippen molar-refractivity contribution in [2.24, 2.45) is 0 Å². The Kier molecular flexibility index (Phi) is 3.18. The molecule has 3 aliphatic rings. The van der Waals surface area contributed by atoms with Crippen molar-refractivity contribution in [1.29, 1.82) is 0 Å². The number of anilines is 1. The highest BCUT2D eigenvalue weighted by atomic mass is 16.2. The van der Waals surface area contributed by atoms with E-state index in [9.17, 15) is 14.4 Å². The lowest BCUT2D eigenvalue weighted by atomic mass is 9.89. The first-order valence-electron chi connectivity index (χ1n) is 8.82. The molecule has 7 heteroatoms. The maximum atomic E-state index is 13.0. The zero-order valence-corrected chi connectivity index (χ0v) is 14.4. The van der Waals surface area contributed by atoms with Crippen molar-refractivity contribution in [3.8, 4) is 0 Å². The molecule has 1 aromatic heterocycles. The monoisotopic (exact) mass is 350 g/mol. The van der Waals surface area contributed by atoms with Gasteiger partial charge in [-0.1, -0.05) is 6.07 Å². The fourth-order valence-corrected chi connectivity index (χ4v) is 4.35. The summed E-state index contributed by atoms with van der Waals surface area (Å²) in [6.45, 7) is 1.95. The molecular weight excluding hydrogens is 332 g/mol. The van der Waals surface area contributed by atoms with Crippen LogP contribution in [0, 0.1) is 0 Å². The number of rotatable bonds is 2. The first-order valence-corrected chi connectivity index (χ1v) is 8.82. The van der Waals surface area contributed by atoms with Gasteiger partial charge in [-0.2, -0.15) is 0 Å². The third-order valence-corrected chi connectivity index (χ3v) is 5.64. The fourth-order valence-electron chi connectivity index (χ4n) is 4.35. The summed E-state index contributed by atoms with van der Waals surface area (Å²) in [5, 5.41) is 3.17. The lowest BCUT2D eigenvalue weighted by molar-refractivity contribution is -0.134. The first kappa shape index (κ1) is 15.5.